The predicted octanol–water partition coefficient (Wildman–Crippen LogP) is 2.69. The number of carbonyl (C=O) groups is 1. The molecule has 1 aromatic rings. The number of amides is 1. The summed E-state index contributed by atoms with van der Waals surface area (Å²) < 4.78 is 0. The first-order valence-corrected chi connectivity index (χ1v) is 8.53. The molecule has 0 saturated carbocycles. The van der Waals surface area contributed by atoms with Crippen LogP contribution < -0.4 is 9.80 Å². The van der Waals surface area contributed by atoms with Crippen molar-refractivity contribution in [1.82, 2.24) is 4.90 Å². The maximum atomic E-state index is 11.9. The van der Waals surface area contributed by atoms with Gasteiger partial charge in [-0.05, 0) is 31.6 Å². The Hall–Kier alpha value is -1.55. The number of rotatable bonds is 0. The summed E-state index contributed by atoms with van der Waals surface area (Å²) >= 11 is 0. The van der Waals surface area contributed by atoms with Crippen molar-refractivity contribution in [2.75, 3.05) is 43.0 Å². The second-order valence-electron chi connectivity index (χ2n) is 6.30. The fourth-order valence-corrected chi connectivity index (χ4v) is 4.26. The van der Waals surface area contributed by atoms with E-state index in [0.29, 0.717) is 12.0 Å². The number of benzene rings is 1. The molecular weight excluding hydrogens is 274 g/mol. The van der Waals surface area contributed by atoms with E-state index in [4.69, 9.17) is 0 Å². The molecule has 1 fully saturated rings. The molecule has 3 aliphatic heterocycles. The number of carbonyl (C=O) groups excluding carboxylic acids is 1. The van der Waals surface area contributed by atoms with E-state index in [1.807, 2.05) is 18.7 Å². The van der Waals surface area contributed by atoms with Crippen molar-refractivity contribution in [3.05, 3.63) is 23.8 Å². The molecular formula is C18H27N3O. The Morgan fingerprint density at radius 3 is 2.68 bits per heavy atom. The van der Waals surface area contributed by atoms with Gasteiger partial charge in [0.2, 0.25) is 5.91 Å². The molecule has 1 aromatic carbocycles. The van der Waals surface area contributed by atoms with E-state index >= 15 is 0 Å². The lowest BCUT2D eigenvalue weighted by Crippen LogP contribution is -2.49. The Bertz CT molecular complexity index is 571. The maximum absolute atomic E-state index is 11.9. The zero-order chi connectivity index (χ0) is 15.9. The zero-order valence-corrected chi connectivity index (χ0v) is 14.2. The van der Waals surface area contributed by atoms with E-state index in [1.165, 1.54) is 24.2 Å². The van der Waals surface area contributed by atoms with E-state index < -0.39 is 0 Å². The first-order valence-electron chi connectivity index (χ1n) is 8.53. The van der Waals surface area contributed by atoms with E-state index in [-0.39, 0.29) is 5.91 Å². The molecule has 0 radical (unpaired) electrons. The monoisotopic (exact) mass is 301 g/mol. The van der Waals surface area contributed by atoms with Gasteiger partial charge in [0, 0.05) is 38.5 Å². The molecule has 0 N–H and O–H groups in total. The highest BCUT2D eigenvalue weighted by atomic mass is 16.2. The quantitative estimate of drug-likeness (QED) is 0.737. The van der Waals surface area contributed by atoms with Crippen molar-refractivity contribution < 1.29 is 4.79 Å². The van der Waals surface area contributed by atoms with Gasteiger partial charge in [-0.2, -0.15) is 0 Å². The molecule has 4 rings (SSSR count). The van der Waals surface area contributed by atoms with Crippen molar-refractivity contribution >= 4 is 17.3 Å². The second-order valence-corrected chi connectivity index (χ2v) is 6.30. The van der Waals surface area contributed by atoms with Crippen LogP contribution in [0, 0.1) is 0 Å². The van der Waals surface area contributed by atoms with Crippen LogP contribution in [-0.2, 0) is 4.79 Å². The molecule has 3 aliphatic rings. The molecule has 0 unspecified atom stereocenters. The minimum atomic E-state index is 0.157. The molecule has 0 aromatic heterocycles. The van der Waals surface area contributed by atoms with Gasteiger partial charge in [0.15, 0.2) is 0 Å². The average Bonchev–Trinajstić information content (AvgIpc) is 2.85. The summed E-state index contributed by atoms with van der Waals surface area (Å²) in [6, 6.07) is 7.12. The number of nitrogens with zero attached hydrogens (tertiary/aromatic N) is 3. The number of hydrogen-bond donors (Lipinski definition) is 0. The van der Waals surface area contributed by atoms with Crippen LogP contribution in [0.2, 0.25) is 0 Å². The second kappa shape index (κ2) is 5.92. The summed E-state index contributed by atoms with van der Waals surface area (Å²) in [5.74, 6) is 0.764. The van der Waals surface area contributed by atoms with Crippen molar-refractivity contribution in [3.8, 4) is 0 Å². The standard InChI is InChI=1S/C16H21N3O.C2H6/c1-11(20)18-8-9-19-14-6-7-17(2)10-13(14)12-4-3-5-15(18)16(12)19;1-2/h3-5,13-14H,6-10H2,1-2H3;1-2H3/t13-,14-;/m0./s1. The van der Waals surface area contributed by atoms with Gasteiger partial charge in [-0.25, -0.2) is 0 Å². The first-order chi connectivity index (χ1) is 10.7. The van der Waals surface area contributed by atoms with E-state index in [9.17, 15) is 4.79 Å². The number of likely N-dealkylation sites (tertiary alicyclic amines) is 1. The van der Waals surface area contributed by atoms with Gasteiger partial charge in [-0.1, -0.05) is 26.0 Å². The fraction of sp³-hybridized carbons (Fsp3) is 0.611. The highest BCUT2D eigenvalue weighted by Gasteiger charge is 2.44. The highest BCUT2D eigenvalue weighted by molar-refractivity contribution is 5.98. The average molecular weight is 301 g/mol. The van der Waals surface area contributed by atoms with E-state index in [2.05, 4.69) is 35.0 Å². The van der Waals surface area contributed by atoms with Crippen LogP contribution in [0.25, 0.3) is 0 Å². The molecule has 4 heteroatoms. The van der Waals surface area contributed by atoms with Crippen molar-refractivity contribution in [3.63, 3.8) is 0 Å². The Balaban J connectivity index is 0.000000693. The van der Waals surface area contributed by atoms with E-state index in [0.717, 1.165) is 25.3 Å². The van der Waals surface area contributed by atoms with Gasteiger partial charge in [0.1, 0.15) is 0 Å². The summed E-state index contributed by atoms with van der Waals surface area (Å²) in [4.78, 5) is 18.8. The van der Waals surface area contributed by atoms with Gasteiger partial charge < -0.3 is 14.7 Å². The lowest BCUT2D eigenvalue weighted by Gasteiger charge is -2.41. The van der Waals surface area contributed by atoms with Crippen LogP contribution in [0.1, 0.15) is 38.7 Å². The Labute approximate surface area is 133 Å². The van der Waals surface area contributed by atoms with Crippen LogP contribution in [-0.4, -0.2) is 50.1 Å². The topological polar surface area (TPSA) is 26.8 Å². The number of likely N-dealkylation sites (N-methyl/N-ethyl adjacent to an activating group) is 1. The molecule has 120 valence electrons. The van der Waals surface area contributed by atoms with Crippen LogP contribution in [0.4, 0.5) is 11.4 Å². The summed E-state index contributed by atoms with van der Waals surface area (Å²) in [6.07, 6.45) is 1.23. The van der Waals surface area contributed by atoms with Crippen molar-refractivity contribution in [2.45, 2.75) is 39.2 Å². The molecule has 4 nitrogen and oxygen atoms in total. The minimum Gasteiger partial charge on any atom is -0.364 e. The number of hydrogen-bond acceptors (Lipinski definition) is 3. The number of piperidine rings is 1. The third-order valence-corrected chi connectivity index (χ3v) is 5.15. The first kappa shape index (κ1) is 15.3. The molecule has 0 spiro atoms. The maximum Gasteiger partial charge on any atom is 0.223 e. The number of anilines is 2. The van der Waals surface area contributed by atoms with Crippen molar-refractivity contribution in [2.24, 2.45) is 0 Å². The fourth-order valence-electron chi connectivity index (χ4n) is 4.26. The molecule has 3 heterocycles. The van der Waals surface area contributed by atoms with Gasteiger partial charge in [0.05, 0.1) is 11.4 Å². The molecule has 2 atom stereocenters. The molecule has 1 saturated heterocycles. The van der Waals surface area contributed by atoms with Crippen LogP contribution in [0.15, 0.2) is 18.2 Å². The molecule has 0 bridgehead atoms. The summed E-state index contributed by atoms with van der Waals surface area (Å²) in [5, 5.41) is 0. The zero-order valence-electron chi connectivity index (χ0n) is 14.2. The third kappa shape index (κ3) is 2.21. The molecule has 0 aliphatic carbocycles. The summed E-state index contributed by atoms with van der Waals surface area (Å²) in [5.41, 5.74) is 3.91. The summed E-state index contributed by atoms with van der Waals surface area (Å²) in [6.45, 7) is 9.79. The highest BCUT2D eigenvalue weighted by Crippen LogP contribution is 2.50. The Kier molecular flexibility index (Phi) is 4.13. The van der Waals surface area contributed by atoms with E-state index in [1.54, 1.807) is 6.92 Å². The molecule has 1 amide bonds. The third-order valence-electron chi connectivity index (χ3n) is 5.15. The Morgan fingerprint density at radius 1 is 1.18 bits per heavy atom. The van der Waals surface area contributed by atoms with Crippen LogP contribution in [0.3, 0.4) is 0 Å². The smallest absolute Gasteiger partial charge is 0.223 e. The minimum absolute atomic E-state index is 0.157. The van der Waals surface area contributed by atoms with Gasteiger partial charge >= 0.3 is 0 Å². The van der Waals surface area contributed by atoms with Gasteiger partial charge in [0.25, 0.3) is 0 Å². The largest absolute Gasteiger partial charge is 0.364 e. The van der Waals surface area contributed by atoms with Crippen LogP contribution in [0.5, 0.6) is 0 Å². The number of para-hydroxylation sites is 1. The number of fused-ring (bicyclic) bond motifs is 3. The normalized spacial score (nSPS) is 26.0. The SMILES string of the molecule is CC.CC(=O)N1CCN2c3c(cccc31)[C@@H]1CN(C)CC[C@@H]12. The van der Waals surface area contributed by atoms with Crippen LogP contribution >= 0.6 is 0 Å². The summed E-state index contributed by atoms with van der Waals surface area (Å²) in [7, 11) is 2.21. The Morgan fingerprint density at radius 2 is 1.95 bits per heavy atom. The van der Waals surface area contributed by atoms with Gasteiger partial charge in [-0.3, -0.25) is 4.79 Å². The van der Waals surface area contributed by atoms with Gasteiger partial charge in [-0.15, -0.1) is 0 Å². The predicted molar refractivity (Wildman–Crippen MR) is 91.8 cm³/mol. The lowest BCUT2D eigenvalue weighted by atomic mass is 9.89. The molecule has 22 heavy (non-hydrogen) atoms. The lowest BCUT2D eigenvalue weighted by molar-refractivity contribution is -0.116. The van der Waals surface area contributed by atoms with Crippen molar-refractivity contribution in [1.29, 1.82) is 0 Å².